The fourth-order valence-corrected chi connectivity index (χ4v) is 4.61. The number of pyridine rings is 1. The summed E-state index contributed by atoms with van der Waals surface area (Å²) in [5, 5.41) is 11.1. The van der Waals surface area contributed by atoms with Crippen LogP contribution in [0.2, 0.25) is 0 Å². The number of aliphatic hydroxyl groups excluding tert-OH is 1. The highest BCUT2D eigenvalue weighted by Gasteiger charge is 2.49. The topological polar surface area (TPSA) is 89.0 Å². The van der Waals surface area contributed by atoms with Crippen LogP contribution in [-0.4, -0.2) is 39.5 Å². The van der Waals surface area contributed by atoms with Crippen molar-refractivity contribution in [3.05, 3.63) is 59.4 Å². The van der Waals surface area contributed by atoms with Crippen molar-refractivity contribution in [2.24, 2.45) is 0 Å². The van der Waals surface area contributed by atoms with Crippen LogP contribution in [-0.2, 0) is 9.59 Å². The molecular formula is C23H22N2O5. The smallest absolute Gasteiger partial charge is 0.295 e. The highest BCUT2D eigenvalue weighted by atomic mass is 16.7. The van der Waals surface area contributed by atoms with Crippen molar-refractivity contribution in [2.75, 3.05) is 6.79 Å². The molecule has 0 bridgehead atoms. The number of carbonyl (C=O) groups is 2. The first kappa shape index (κ1) is 18.7. The minimum atomic E-state index is -0.709. The Bertz CT molecular complexity index is 1030. The van der Waals surface area contributed by atoms with Gasteiger partial charge in [0.15, 0.2) is 11.5 Å². The van der Waals surface area contributed by atoms with E-state index >= 15 is 0 Å². The van der Waals surface area contributed by atoms with Gasteiger partial charge < -0.3 is 19.5 Å². The lowest BCUT2D eigenvalue weighted by molar-refractivity contribution is -0.141. The summed E-state index contributed by atoms with van der Waals surface area (Å²) in [5.41, 5.74) is 1.05. The largest absolute Gasteiger partial charge is 0.507 e. The van der Waals surface area contributed by atoms with Crippen molar-refractivity contribution in [2.45, 2.75) is 44.2 Å². The third kappa shape index (κ3) is 3.01. The first-order valence-corrected chi connectivity index (χ1v) is 10.3. The zero-order valence-corrected chi connectivity index (χ0v) is 16.4. The summed E-state index contributed by atoms with van der Waals surface area (Å²) in [6, 6.07) is 9.62. The van der Waals surface area contributed by atoms with Gasteiger partial charge in [0.1, 0.15) is 11.8 Å². The quantitative estimate of drug-likeness (QED) is 0.476. The average Bonchev–Trinajstić information content (AvgIpc) is 3.36. The van der Waals surface area contributed by atoms with E-state index in [1.54, 1.807) is 41.4 Å². The van der Waals surface area contributed by atoms with E-state index in [1.165, 1.54) is 0 Å². The highest BCUT2D eigenvalue weighted by molar-refractivity contribution is 6.46. The normalized spacial score (nSPS) is 23.2. The van der Waals surface area contributed by atoms with Crippen molar-refractivity contribution in [1.29, 1.82) is 0 Å². The van der Waals surface area contributed by atoms with E-state index < -0.39 is 17.7 Å². The average molecular weight is 406 g/mol. The van der Waals surface area contributed by atoms with Crippen LogP contribution in [0, 0.1) is 0 Å². The highest BCUT2D eigenvalue weighted by Crippen LogP contribution is 2.43. The van der Waals surface area contributed by atoms with Crippen molar-refractivity contribution in [3.8, 4) is 11.5 Å². The van der Waals surface area contributed by atoms with E-state index in [4.69, 9.17) is 9.47 Å². The lowest BCUT2D eigenvalue weighted by atomic mass is 9.92. The molecule has 1 aromatic carbocycles. The van der Waals surface area contributed by atoms with Crippen LogP contribution < -0.4 is 9.47 Å². The minimum absolute atomic E-state index is 0.0377. The van der Waals surface area contributed by atoms with Gasteiger partial charge in [-0.05, 0) is 43.2 Å². The Labute approximate surface area is 173 Å². The molecule has 1 atom stereocenters. The zero-order valence-electron chi connectivity index (χ0n) is 16.4. The van der Waals surface area contributed by atoms with Gasteiger partial charge in [-0.3, -0.25) is 14.6 Å². The first-order valence-electron chi connectivity index (χ1n) is 10.3. The molecule has 1 amide bonds. The number of hydrogen-bond donors (Lipinski definition) is 1. The van der Waals surface area contributed by atoms with Crippen LogP contribution in [0.1, 0.15) is 49.4 Å². The summed E-state index contributed by atoms with van der Waals surface area (Å²) in [4.78, 5) is 32.2. The molecule has 0 spiro atoms. The summed E-state index contributed by atoms with van der Waals surface area (Å²) in [7, 11) is 0. The fourth-order valence-electron chi connectivity index (χ4n) is 4.61. The number of nitrogens with zero attached hydrogens (tertiary/aromatic N) is 2. The van der Waals surface area contributed by atoms with Crippen LogP contribution in [0.4, 0.5) is 0 Å². The van der Waals surface area contributed by atoms with Gasteiger partial charge in [-0.1, -0.05) is 25.3 Å². The van der Waals surface area contributed by atoms with Gasteiger partial charge in [-0.25, -0.2) is 0 Å². The third-order valence-electron chi connectivity index (χ3n) is 6.06. The maximum Gasteiger partial charge on any atom is 0.295 e. The number of hydrogen-bond acceptors (Lipinski definition) is 6. The van der Waals surface area contributed by atoms with Crippen LogP contribution >= 0.6 is 0 Å². The molecule has 7 heteroatoms. The van der Waals surface area contributed by atoms with Gasteiger partial charge in [0.05, 0.1) is 11.3 Å². The third-order valence-corrected chi connectivity index (χ3v) is 6.06. The Morgan fingerprint density at radius 3 is 2.60 bits per heavy atom. The van der Waals surface area contributed by atoms with Crippen molar-refractivity contribution >= 4 is 17.4 Å². The molecule has 154 valence electrons. The number of amides is 1. The molecule has 2 fully saturated rings. The van der Waals surface area contributed by atoms with Crippen LogP contribution in [0.3, 0.4) is 0 Å². The molecule has 1 N–H and O–H groups in total. The van der Waals surface area contributed by atoms with Crippen LogP contribution in [0.25, 0.3) is 5.76 Å². The lowest BCUT2D eigenvalue weighted by Crippen LogP contribution is -2.40. The summed E-state index contributed by atoms with van der Waals surface area (Å²) < 4.78 is 10.7. The summed E-state index contributed by atoms with van der Waals surface area (Å²) in [6.45, 7) is 0.111. The molecule has 5 rings (SSSR count). The molecule has 3 heterocycles. The number of aliphatic hydroxyl groups is 1. The molecule has 0 radical (unpaired) electrons. The first-order chi connectivity index (χ1) is 14.6. The van der Waals surface area contributed by atoms with Crippen molar-refractivity contribution in [3.63, 3.8) is 0 Å². The predicted octanol–water partition coefficient (Wildman–Crippen LogP) is 3.56. The van der Waals surface area contributed by atoms with Gasteiger partial charge in [-0.2, -0.15) is 0 Å². The van der Waals surface area contributed by atoms with Gasteiger partial charge in [-0.15, -0.1) is 0 Å². The summed E-state index contributed by atoms with van der Waals surface area (Å²) >= 11 is 0. The summed E-state index contributed by atoms with van der Waals surface area (Å²) in [5.74, 6) is -0.391. The number of fused-ring (bicyclic) bond motifs is 1. The second-order valence-corrected chi connectivity index (χ2v) is 7.82. The maximum atomic E-state index is 13.1. The zero-order chi connectivity index (χ0) is 20.7. The van der Waals surface area contributed by atoms with Crippen LogP contribution in [0.15, 0.2) is 48.2 Å². The summed E-state index contributed by atoms with van der Waals surface area (Å²) in [6.07, 6.45) is 6.50. The van der Waals surface area contributed by atoms with Gasteiger partial charge in [0.25, 0.3) is 11.7 Å². The molecule has 1 aliphatic carbocycles. The van der Waals surface area contributed by atoms with E-state index in [0.29, 0.717) is 22.8 Å². The second-order valence-electron chi connectivity index (χ2n) is 7.82. The van der Waals surface area contributed by atoms with E-state index in [1.807, 2.05) is 6.07 Å². The molecule has 2 aliphatic heterocycles. The molecule has 1 saturated carbocycles. The number of likely N-dealkylation sites (tertiary alicyclic amines) is 1. The van der Waals surface area contributed by atoms with E-state index in [0.717, 1.165) is 32.1 Å². The second kappa shape index (κ2) is 7.48. The SMILES string of the molecule is O=C1C(=O)N(C2CCCCC2)C(c2ccccn2)/C1=C(/O)c1ccc2c(c1)OCO2. The monoisotopic (exact) mass is 406 g/mol. The van der Waals surface area contributed by atoms with Gasteiger partial charge in [0, 0.05) is 17.8 Å². The molecular weight excluding hydrogens is 384 g/mol. The Hall–Kier alpha value is -3.35. The Morgan fingerprint density at radius 2 is 1.83 bits per heavy atom. The minimum Gasteiger partial charge on any atom is -0.507 e. The molecule has 1 unspecified atom stereocenters. The fraction of sp³-hybridized carbons (Fsp3) is 0.348. The molecule has 30 heavy (non-hydrogen) atoms. The van der Waals surface area contributed by atoms with E-state index in [9.17, 15) is 14.7 Å². The molecule has 1 aromatic heterocycles. The van der Waals surface area contributed by atoms with Crippen molar-refractivity contribution in [1.82, 2.24) is 9.88 Å². The van der Waals surface area contributed by atoms with E-state index in [-0.39, 0.29) is 24.2 Å². The standard InChI is InChI=1S/C23H22N2O5/c26-21(14-9-10-17-18(12-14)30-13-29-17)19-20(16-8-4-5-11-24-16)25(23(28)22(19)27)15-6-2-1-3-7-15/h4-5,8-12,15,20,26H,1-3,6-7,13H2/b21-19-. The van der Waals surface area contributed by atoms with Gasteiger partial charge >= 0.3 is 0 Å². The number of Topliss-reactive ketones (excluding diaryl/α,β-unsaturated/α-hetero) is 1. The molecule has 7 nitrogen and oxygen atoms in total. The number of carbonyl (C=O) groups excluding carboxylic acids is 2. The lowest BCUT2D eigenvalue weighted by Gasteiger charge is -2.35. The Morgan fingerprint density at radius 1 is 1.03 bits per heavy atom. The number of benzene rings is 1. The molecule has 2 aromatic rings. The number of rotatable bonds is 3. The van der Waals surface area contributed by atoms with Gasteiger partial charge in [0.2, 0.25) is 6.79 Å². The van der Waals surface area contributed by atoms with E-state index in [2.05, 4.69) is 4.98 Å². The molecule has 1 saturated heterocycles. The number of ether oxygens (including phenoxy) is 2. The van der Waals surface area contributed by atoms with Crippen molar-refractivity contribution < 1.29 is 24.2 Å². The Balaban J connectivity index is 1.64. The molecule has 3 aliphatic rings. The number of ketones is 1. The Kier molecular flexibility index (Phi) is 4.65. The maximum absolute atomic E-state index is 13.1. The predicted molar refractivity (Wildman–Crippen MR) is 108 cm³/mol. The number of aromatic nitrogens is 1. The van der Waals surface area contributed by atoms with Crippen LogP contribution in [0.5, 0.6) is 11.5 Å².